The first kappa shape index (κ1) is 13.8. The minimum absolute atomic E-state index is 0.125. The number of methoxy groups -OCH3 is 1. The first-order valence-corrected chi connectivity index (χ1v) is 7.58. The summed E-state index contributed by atoms with van der Waals surface area (Å²) in [5.41, 5.74) is 0.765. The lowest BCUT2D eigenvalue weighted by Gasteiger charge is -2.43. The van der Waals surface area contributed by atoms with Crippen molar-refractivity contribution in [2.24, 2.45) is 5.92 Å². The van der Waals surface area contributed by atoms with Crippen molar-refractivity contribution in [2.75, 3.05) is 33.3 Å². The predicted molar refractivity (Wildman–Crippen MR) is 77.5 cm³/mol. The van der Waals surface area contributed by atoms with Crippen LogP contribution in [0.2, 0.25) is 0 Å². The van der Waals surface area contributed by atoms with Crippen molar-refractivity contribution >= 4 is 0 Å². The summed E-state index contributed by atoms with van der Waals surface area (Å²) in [5.74, 6) is 1.14. The highest BCUT2D eigenvalue weighted by atomic mass is 19.1. The second-order valence-corrected chi connectivity index (χ2v) is 5.78. The molecule has 0 radical (unpaired) electrons. The molecule has 0 unspecified atom stereocenters. The molecule has 0 aromatic heterocycles. The van der Waals surface area contributed by atoms with E-state index < -0.39 is 0 Å². The van der Waals surface area contributed by atoms with Gasteiger partial charge in [-0.05, 0) is 30.9 Å². The van der Waals surface area contributed by atoms with E-state index >= 15 is 0 Å². The van der Waals surface area contributed by atoms with Gasteiger partial charge in [-0.25, -0.2) is 4.39 Å². The van der Waals surface area contributed by atoms with E-state index in [0.29, 0.717) is 11.7 Å². The SMILES string of the molecule is COc1cccc(F)c1[C@H](C1CCC1)N1CCNCC1. The molecular weight excluding hydrogens is 255 g/mol. The van der Waals surface area contributed by atoms with Crippen molar-refractivity contribution in [1.82, 2.24) is 10.2 Å². The molecule has 3 rings (SSSR count). The molecule has 1 aromatic rings. The molecule has 2 fully saturated rings. The Morgan fingerprint density at radius 1 is 1.30 bits per heavy atom. The molecule has 110 valence electrons. The van der Waals surface area contributed by atoms with Crippen LogP contribution in [0.15, 0.2) is 18.2 Å². The number of ether oxygens (including phenoxy) is 1. The standard InChI is InChI=1S/C16H23FN2O/c1-20-14-7-3-6-13(17)15(14)16(12-4-2-5-12)19-10-8-18-9-11-19/h3,6-7,12,16,18H,2,4-5,8-11H2,1H3/t16-/m0/s1. The molecule has 0 bridgehead atoms. The van der Waals surface area contributed by atoms with Crippen molar-refractivity contribution < 1.29 is 9.13 Å². The zero-order valence-corrected chi connectivity index (χ0v) is 12.1. The van der Waals surface area contributed by atoms with Gasteiger partial charge >= 0.3 is 0 Å². The van der Waals surface area contributed by atoms with Crippen LogP contribution < -0.4 is 10.1 Å². The van der Waals surface area contributed by atoms with Crippen molar-refractivity contribution in [3.63, 3.8) is 0 Å². The highest BCUT2D eigenvalue weighted by Gasteiger charge is 2.36. The normalized spacial score (nSPS) is 22.3. The first-order valence-electron chi connectivity index (χ1n) is 7.58. The summed E-state index contributed by atoms with van der Waals surface area (Å²) in [6.45, 7) is 3.94. The average Bonchev–Trinajstić information content (AvgIpc) is 2.44. The third-order valence-corrected chi connectivity index (χ3v) is 4.67. The zero-order valence-electron chi connectivity index (χ0n) is 12.1. The summed E-state index contributed by atoms with van der Waals surface area (Å²) in [4.78, 5) is 2.43. The van der Waals surface area contributed by atoms with Gasteiger partial charge in [-0.3, -0.25) is 4.90 Å². The van der Waals surface area contributed by atoms with E-state index in [1.165, 1.54) is 19.3 Å². The van der Waals surface area contributed by atoms with E-state index in [1.807, 2.05) is 6.07 Å². The third-order valence-electron chi connectivity index (χ3n) is 4.67. The minimum atomic E-state index is -0.125. The molecule has 20 heavy (non-hydrogen) atoms. The van der Waals surface area contributed by atoms with Crippen molar-refractivity contribution in [1.29, 1.82) is 0 Å². The lowest BCUT2D eigenvalue weighted by atomic mass is 9.76. The van der Waals surface area contributed by atoms with E-state index in [-0.39, 0.29) is 11.9 Å². The number of rotatable bonds is 4. The highest BCUT2D eigenvalue weighted by molar-refractivity contribution is 5.38. The van der Waals surface area contributed by atoms with Gasteiger partial charge in [0.25, 0.3) is 0 Å². The average molecular weight is 278 g/mol. The van der Waals surface area contributed by atoms with E-state index in [1.54, 1.807) is 19.2 Å². The third kappa shape index (κ3) is 2.54. The monoisotopic (exact) mass is 278 g/mol. The number of halogens is 1. The van der Waals surface area contributed by atoms with Gasteiger partial charge < -0.3 is 10.1 Å². The zero-order chi connectivity index (χ0) is 13.9. The maximum absolute atomic E-state index is 14.4. The maximum Gasteiger partial charge on any atom is 0.131 e. The van der Waals surface area contributed by atoms with Crippen molar-refractivity contribution in [3.05, 3.63) is 29.6 Å². The van der Waals surface area contributed by atoms with Crippen LogP contribution in [0, 0.1) is 11.7 Å². The summed E-state index contributed by atoms with van der Waals surface area (Å²) >= 11 is 0. The Hall–Kier alpha value is -1.13. The number of piperazine rings is 1. The molecule has 3 nitrogen and oxygen atoms in total. The fourth-order valence-electron chi connectivity index (χ4n) is 3.41. The van der Waals surface area contributed by atoms with Gasteiger partial charge in [0.05, 0.1) is 7.11 Å². The minimum Gasteiger partial charge on any atom is -0.496 e. The maximum atomic E-state index is 14.4. The molecule has 1 aliphatic heterocycles. The fourth-order valence-corrected chi connectivity index (χ4v) is 3.41. The molecule has 4 heteroatoms. The number of hydrogen-bond acceptors (Lipinski definition) is 3. The molecule has 1 N–H and O–H groups in total. The summed E-state index contributed by atoms with van der Waals surface area (Å²) in [7, 11) is 1.63. The van der Waals surface area contributed by atoms with Crippen LogP contribution in [0.1, 0.15) is 30.9 Å². The van der Waals surface area contributed by atoms with Crippen LogP contribution in [0.5, 0.6) is 5.75 Å². The molecule has 1 atom stereocenters. The molecular formula is C16H23FN2O. The molecule has 1 aliphatic carbocycles. The van der Waals surface area contributed by atoms with Crippen LogP contribution in [0.4, 0.5) is 4.39 Å². The van der Waals surface area contributed by atoms with Gasteiger partial charge in [0, 0.05) is 37.8 Å². The second kappa shape index (κ2) is 6.10. The predicted octanol–water partition coefficient (Wildman–Crippen LogP) is 2.58. The Kier molecular flexibility index (Phi) is 4.22. The van der Waals surface area contributed by atoms with Crippen molar-refractivity contribution in [3.8, 4) is 5.75 Å². The lowest BCUT2D eigenvalue weighted by molar-refractivity contribution is 0.0792. The Balaban J connectivity index is 1.95. The van der Waals surface area contributed by atoms with Gasteiger partial charge in [0.15, 0.2) is 0 Å². The van der Waals surface area contributed by atoms with Gasteiger partial charge in [0.2, 0.25) is 0 Å². The lowest BCUT2D eigenvalue weighted by Crippen LogP contribution is -2.48. The molecule has 0 amide bonds. The smallest absolute Gasteiger partial charge is 0.131 e. The van der Waals surface area contributed by atoms with E-state index in [9.17, 15) is 4.39 Å². The Morgan fingerprint density at radius 2 is 2.05 bits per heavy atom. The Morgan fingerprint density at radius 3 is 2.65 bits per heavy atom. The Labute approximate surface area is 120 Å². The van der Waals surface area contributed by atoms with Crippen LogP contribution in [0.3, 0.4) is 0 Å². The molecule has 1 saturated heterocycles. The van der Waals surface area contributed by atoms with Crippen LogP contribution in [-0.2, 0) is 0 Å². The number of benzene rings is 1. The molecule has 2 aliphatic rings. The molecule has 1 saturated carbocycles. The van der Waals surface area contributed by atoms with E-state index in [0.717, 1.165) is 31.7 Å². The highest BCUT2D eigenvalue weighted by Crippen LogP contribution is 2.45. The van der Waals surface area contributed by atoms with Crippen molar-refractivity contribution in [2.45, 2.75) is 25.3 Å². The van der Waals surface area contributed by atoms with Crippen LogP contribution in [0.25, 0.3) is 0 Å². The number of hydrogen-bond donors (Lipinski definition) is 1. The van der Waals surface area contributed by atoms with Gasteiger partial charge in [-0.2, -0.15) is 0 Å². The quantitative estimate of drug-likeness (QED) is 0.916. The largest absolute Gasteiger partial charge is 0.496 e. The number of nitrogens with one attached hydrogen (secondary N) is 1. The molecule has 1 aromatic carbocycles. The summed E-state index contributed by atoms with van der Waals surface area (Å²) < 4.78 is 19.9. The topological polar surface area (TPSA) is 24.5 Å². The summed E-state index contributed by atoms with van der Waals surface area (Å²) in [6.07, 6.45) is 3.67. The number of nitrogens with zero attached hydrogens (tertiary/aromatic N) is 1. The molecule has 1 heterocycles. The van der Waals surface area contributed by atoms with Crippen LogP contribution >= 0.6 is 0 Å². The summed E-state index contributed by atoms with van der Waals surface area (Å²) in [5, 5.41) is 3.37. The summed E-state index contributed by atoms with van der Waals surface area (Å²) in [6, 6.07) is 5.34. The second-order valence-electron chi connectivity index (χ2n) is 5.78. The van der Waals surface area contributed by atoms with Gasteiger partial charge in [-0.1, -0.05) is 12.5 Å². The van der Waals surface area contributed by atoms with Crippen LogP contribution in [-0.4, -0.2) is 38.2 Å². The van der Waals surface area contributed by atoms with E-state index in [4.69, 9.17) is 4.74 Å². The Bertz CT molecular complexity index is 456. The van der Waals surface area contributed by atoms with Gasteiger partial charge in [0.1, 0.15) is 11.6 Å². The van der Waals surface area contributed by atoms with E-state index in [2.05, 4.69) is 10.2 Å². The fraction of sp³-hybridized carbons (Fsp3) is 0.625. The molecule has 0 spiro atoms. The van der Waals surface area contributed by atoms with Gasteiger partial charge in [-0.15, -0.1) is 0 Å². The first-order chi connectivity index (χ1) is 9.81.